The number of nitrogens with two attached hydrogens (primary N) is 1. The molecular weight excluding hydrogens is 285 g/mol. The van der Waals surface area contributed by atoms with Crippen molar-refractivity contribution >= 4 is 36.4 Å². The lowest BCUT2D eigenvalue weighted by atomic mass is 10.2. The van der Waals surface area contributed by atoms with Crippen LogP contribution in [0.2, 0.25) is 0 Å². The van der Waals surface area contributed by atoms with Gasteiger partial charge >= 0.3 is 0 Å². The van der Waals surface area contributed by atoms with Crippen LogP contribution in [0, 0.1) is 0 Å². The highest BCUT2D eigenvalue weighted by Crippen LogP contribution is 2.15. The van der Waals surface area contributed by atoms with Crippen LogP contribution in [-0.4, -0.2) is 43.0 Å². The number of carbonyl (C=O) groups is 1. The number of rotatable bonds is 2. The number of piperazine rings is 1. The minimum absolute atomic E-state index is 0. The van der Waals surface area contributed by atoms with Crippen LogP contribution in [0.5, 0.6) is 0 Å². The fourth-order valence-corrected chi connectivity index (χ4v) is 2.11. The summed E-state index contributed by atoms with van der Waals surface area (Å²) in [5, 5.41) is 0. The van der Waals surface area contributed by atoms with Crippen LogP contribution < -0.4 is 10.6 Å². The summed E-state index contributed by atoms with van der Waals surface area (Å²) in [5.74, 6) is 0.0534. The average Bonchev–Trinajstić information content (AvgIpc) is 2.39. The molecule has 1 amide bonds. The maximum Gasteiger partial charge on any atom is 0.239 e. The van der Waals surface area contributed by atoms with E-state index in [0.29, 0.717) is 0 Å². The van der Waals surface area contributed by atoms with E-state index in [2.05, 4.69) is 17.0 Å². The van der Waals surface area contributed by atoms with Gasteiger partial charge in [0.1, 0.15) is 0 Å². The molecular formula is C13H21Cl2N3O. The van der Waals surface area contributed by atoms with Crippen LogP contribution >= 0.6 is 24.8 Å². The van der Waals surface area contributed by atoms with Gasteiger partial charge in [-0.25, -0.2) is 0 Å². The number of anilines is 1. The Morgan fingerprint density at radius 3 is 2.11 bits per heavy atom. The minimum Gasteiger partial charge on any atom is -0.368 e. The van der Waals surface area contributed by atoms with Gasteiger partial charge in [0, 0.05) is 31.9 Å². The summed E-state index contributed by atoms with van der Waals surface area (Å²) >= 11 is 0. The third-order valence-electron chi connectivity index (χ3n) is 3.10. The smallest absolute Gasteiger partial charge is 0.239 e. The van der Waals surface area contributed by atoms with E-state index >= 15 is 0 Å². The molecule has 19 heavy (non-hydrogen) atoms. The Hall–Kier alpha value is -0.970. The van der Waals surface area contributed by atoms with Crippen molar-refractivity contribution in [3.05, 3.63) is 30.3 Å². The molecule has 2 N–H and O–H groups in total. The monoisotopic (exact) mass is 305 g/mol. The molecule has 0 saturated carbocycles. The first-order valence-corrected chi connectivity index (χ1v) is 6.03. The molecule has 108 valence electrons. The SMILES string of the molecule is C[C@@H](N)C(=O)N1CCN(c2ccccc2)CC1.Cl.Cl. The highest BCUT2D eigenvalue weighted by molar-refractivity contribution is 5.85. The van der Waals surface area contributed by atoms with Crippen molar-refractivity contribution in [2.75, 3.05) is 31.1 Å². The number of hydrogen-bond donors (Lipinski definition) is 1. The van der Waals surface area contributed by atoms with Gasteiger partial charge in [0.25, 0.3) is 0 Å². The summed E-state index contributed by atoms with van der Waals surface area (Å²) in [6.45, 7) is 5.02. The largest absolute Gasteiger partial charge is 0.368 e. The maximum absolute atomic E-state index is 11.7. The third kappa shape index (κ3) is 4.56. The molecule has 0 bridgehead atoms. The molecule has 4 nitrogen and oxygen atoms in total. The molecule has 0 radical (unpaired) electrons. The molecule has 6 heteroatoms. The number of benzene rings is 1. The van der Waals surface area contributed by atoms with Crippen LogP contribution in [0.15, 0.2) is 30.3 Å². The third-order valence-corrected chi connectivity index (χ3v) is 3.10. The van der Waals surface area contributed by atoms with Crippen molar-refractivity contribution in [3.63, 3.8) is 0 Å². The predicted molar refractivity (Wildman–Crippen MR) is 83.4 cm³/mol. The van der Waals surface area contributed by atoms with Crippen molar-refractivity contribution in [1.82, 2.24) is 4.90 Å². The molecule has 0 unspecified atom stereocenters. The van der Waals surface area contributed by atoms with Crippen molar-refractivity contribution < 1.29 is 4.79 Å². The first kappa shape index (κ1) is 18.0. The topological polar surface area (TPSA) is 49.6 Å². The van der Waals surface area contributed by atoms with E-state index in [1.807, 2.05) is 23.1 Å². The van der Waals surface area contributed by atoms with Crippen LogP contribution in [0.25, 0.3) is 0 Å². The molecule has 1 aromatic rings. The summed E-state index contributed by atoms with van der Waals surface area (Å²) in [6.07, 6.45) is 0. The number of hydrogen-bond acceptors (Lipinski definition) is 3. The van der Waals surface area contributed by atoms with E-state index in [-0.39, 0.29) is 30.7 Å². The summed E-state index contributed by atoms with van der Waals surface area (Å²) in [6, 6.07) is 9.90. The Kier molecular flexibility index (Phi) is 7.83. The van der Waals surface area contributed by atoms with E-state index in [0.717, 1.165) is 26.2 Å². The Morgan fingerprint density at radius 1 is 1.11 bits per heavy atom. The summed E-state index contributed by atoms with van der Waals surface area (Å²) in [4.78, 5) is 15.9. The molecule has 1 heterocycles. The van der Waals surface area contributed by atoms with Gasteiger partial charge in [0.05, 0.1) is 6.04 Å². The Morgan fingerprint density at radius 2 is 1.63 bits per heavy atom. The van der Waals surface area contributed by atoms with Gasteiger partial charge < -0.3 is 15.5 Å². The van der Waals surface area contributed by atoms with E-state index in [1.54, 1.807) is 6.92 Å². The van der Waals surface area contributed by atoms with Gasteiger partial charge in [0.15, 0.2) is 0 Å². The van der Waals surface area contributed by atoms with Crippen molar-refractivity contribution in [2.45, 2.75) is 13.0 Å². The second kappa shape index (κ2) is 8.25. The standard InChI is InChI=1S/C13H19N3O.2ClH/c1-11(14)13(17)16-9-7-15(8-10-16)12-5-3-2-4-6-12;;/h2-6,11H,7-10,14H2,1H3;2*1H/t11-;;/m1../s1. The molecule has 1 atom stereocenters. The second-order valence-corrected chi connectivity index (χ2v) is 4.44. The van der Waals surface area contributed by atoms with Crippen LogP contribution in [0.3, 0.4) is 0 Å². The van der Waals surface area contributed by atoms with E-state index in [9.17, 15) is 4.79 Å². The predicted octanol–water partition coefficient (Wildman–Crippen LogP) is 1.53. The summed E-state index contributed by atoms with van der Waals surface area (Å²) in [7, 11) is 0. The van der Waals surface area contributed by atoms with Gasteiger partial charge in [-0.1, -0.05) is 18.2 Å². The fraction of sp³-hybridized carbons (Fsp3) is 0.462. The highest BCUT2D eigenvalue weighted by atomic mass is 35.5. The first-order chi connectivity index (χ1) is 8.18. The molecule has 1 saturated heterocycles. The maximum atomic E-state index is 11.7. The quantitative estimate of drug-likeness (QED) is 0.901. The summed E-state index contributed by atoms with van der Waals surface area (Å²) < 4.78 is 0. The van der Waals surface area contributed by atoms with Gasteiger partial charge in [0.2, 0.25) is 5.91 Å². The fourth-order valence-electron chi connectivity index (χ4n) is 2.11. The van der Waals surface area contributed by atoms with Crippen LogP contribution in [0.4, 0.5) is 5.69 Å². The first-order valence-electron chi connectivity index (χ1n) is 6.03. The lowest BCUT2D eigenvalue weighted by Crippen LogP contribution is -2.52. The highest BCUT2D eigenvalue weighted by Gasteiger charge is 2.22. The summed E-state index contributed by atoms with van der Waals surface area (Å²) in [5.41, 5.74) is 6.83. The molecule has 1 aromatic carbocycles. The zero-order valence-electron chi connectivity index (χ0n) is 11.0. The second-order valence-electron chi connectivity index (χ2n) is 4.44. The van der Waals surface area contributed by atoms with Gasteiger partial charge in [-0.15, -0.1) is 24.8 Å². The Balaban J connectivity index is 0.00000162. The molecule has 1 aliphatic rings. The molecule has 2 rings (SSSR count). The number of amides is 1. The molecule has 0 aliphatic carbocycles. The number of nitrogens with zero attached hydrogens (tertiary/aromatic N) is 2. The number of carbonyl (C=O) groups excluding carboxylic acids is 1. The lowest BCUT2D eigenvalue weighted by molar-refractivity contribution is -0.132. The zero-order chi connectivity index (χ0) is 12.3. The van der Waals surface area contributed by atoms with Crippen LogP contribution in [-0.2, 0) is 4.79 Å². The van der Waals surface area contributed by atoms with Crippen molar-refractivity contribution in [1.29, 1.82) is 0 Å². The lowest BCUT2D eigenvalue weighted by Gasteiger charge is -2.36. The minimum atomic E-state index is -0.390. The zero-order valence-corrected chi connectivity index (χ0v) is 12.6. The van der Waals surface area contributed by atoms with Crippen molar-refractivity contribution in [2.24, 2.45) is 5.73 Å². The van der Waals surface area contributed by atoms with Gasteiger partial charge in [-0.2, -0.15) is 0 Å². The van der Waals surface area contributed by atoms with Crippen LogP contribution in [0.1, 0.15) is 6.92 Å². The number of para-hydroxylation sites is 1. The van der Waals surface area contributed by atoms with Gasteiger partial charge in [-0.05, 0) is 19.1 Å². The van der Waals surface area contributed by atoms with E-state index < -0.39 is 6.04 Å². The Bertz CT molecular complexity index is 379. The molecule has 0 aromatic heterocycles. The molecule has 1 aliphatic heterocycles. The molecule has 1 fully saturated rings. The van der Waals surface area contributed by atoms with Crippen molar-refractivity contribution in [3.8, 4) is 0 Å². The van der Waals surface area contributed by atoms with E-state index in [4.69, 9.17) is 5.73 Å². The van der Waals surface area contributed by atoms with E-state index in [1.165, 1.54) is 5.69 Å². The van der Waals surface area contributed by atoms with Gasteiger partial charge in [-0.3, -0.25) is 4.79 Å². The average molecular weight is 306 g/mol. The number of halogens is 2. The Labute approximate surface area is 126 Å². The molecule has 0 spiro atoms. The normalized spacial score (nSPS) is 16.1.